The predicted octanol–water partition coefficient (Wildman–Crippen LogP) is 14.2. The summed E-state index contributed by atoms with van der Waals surface area (Å²) in [5, 5.41) is 13.3. The van der Waals surface area contributed by atoms with Crippen LogP contribution >= 0.6 is 0 Å². The molecule has 6 heteroatoms. The Morgan fingerprint density at radius 2 is 1.28 bits per heavy atom. The van der Waals surface area contributed by atoms with Crippen LogP contribution in [0.1, 0.15) is 63.8 Å². The topological polar surface area (TPSA) is 64.1 Å². The average Bonchev–Trinajstić information content (AvgIpc) is 3.82. The van der Waals surface area contributed by atoms with Crippen LogP contribution in [0.15, 0.2) is 144 Å². The van der Waals surface area contributed by atoms with Crippen molar-refractivity contribution in [2.75, 3.05) is 0 Å². The molecule has 60 heavy (non-hydrogen) atoms. The first-order valence-electron chi connectivity index (χ1n) is 20.3. The van der Waals surface area contributed by atoms with Gasteiger partial charge in [0.2, 0.25) is 0 Å². The van der Waals surface area contributed by atoms with E-state index in [1.54, 1.807) is 0 Å². The van der Waals surface area contributed by atoms with E-state index in [4.69, 9.17) is 14.4 Å². The van der Waals surface area contributed by atoms with Gasteiger partial charge in [-0.1, -0.05) is 150 Å². The number of rotatable bonds is 6. The van der Waals surface area contributed by atoms with Crippen molar-refractivity contribution in [3.8, 4) is 67.6 Å². The van der Waals surface area contributed by atoms with Crippen LogP contribution in [0.3, 0.4) is 0 Å². The number of aromatic nitrogens is 3. The molecule has 3 aromatic heterocycles. The zero-order chi connectivity index (χ0) is 41.2. The van der Waals surface area contributed by atoms with Gasteiger partial charge in [0.15, 0.2) is 0 Å². The summed E-state index contributed by atoms with van der Waals surface area (Å²) in [4.78, 5) is 10.8. The van der Waals surface area contributed by atoms with Crippen molar-refractivity contribution in [2.24, 2.45) is 0 Å². The largest absolute Gasteiger partial charge is 0.507 e. The minimum atomic E-state index is -0.314. The molecule has 5 nitrogen and oxygen atoms in total. The predicted molar refractivity (Wildman–Crippen MR) is 243 cm³/mol. The molecule has 0 fully saturated rings. The van der Waals surface area contributed by atoms with E-state index in [0.717, 1.165) is 72.4 Å². The smallest absolute Gasteiger partial charge is 0.149 e. The fourth-order valence-corrected chi connectivity index (χ4v) is 8.35. The first kappa shape index (κ1) is 40.7. The van der Waals surface area contributed by atoms with Crippen molar-refractivity contribution in [2.45, 2.75) is 66.2 Å². The average molecular weight is 966 g/mol. The number of hydrogen-bond acceptors (Lipinski definition) is 4. The maximum absolute atomic E-state index is 12.3. The van der Waals surface area contributed by atoms with E-state index in [2.05, 4.69) is 175 Å². The van der Waals surface area contributed by atoms with Gasteiger partial charge in [-0.3, -0.25) is 9.55 Å². The van der Waals surface area contributed by atoms with Crippen molar-refractivity contribution < 1.29 is 30.6 Å². The van der Waals surface area contributed by atoms with Gasteiger partial charge in [0.25, 0.3) is 0 Å². The van der Waals surface area contributed by atoms with E-state index < -0.39 is 0 Å². The fourth-order valence-electron chi connectivity index (χ4n) is 8.35. The minimum absolute atomic E-state index is 0. The summed E-state index contributed by atoms with van der Waals surface area (Å²) in [5.74, 6) is 0.905. The number of benzene rings is 6. The third-order valence-corrected chi connectivity index (χ3v) is 11.5. The van der Waals surface area contributed by atoms with Crippen LogP contribution in [0.25, 0.3) is 83.8 Å². The molecule has 0 radical (unpaired) electrons. The molecular weight excluding hydrogens is 918 g/mol. The van der Waals surface area contributed by atoms with E-state index in [1.807, 2.05) is 30.5 Å². The van der Waals surface area contributed by atoms with Crippen molar-refractivity contribution in [3.05, 3.63) is 168 Å². The molecule has 0 aliphatic carbocycles. The second-order valence-electron chi connectivity index (χ2n) is 17.7. The number of fused-ring (bicyclic) bond motifs is 2. The zero-order valence-electron chi connectivity index (χ0n) is 35.3. The molecule has 9 aromatic rings. The van der Waals surface area contributed by atoms with Gasteiger partial charge < -0.3 is 9.52 Å². The van der Waals surface area contributed by atoms with Crippen LogP contribution in [0.5, 0.6) is 5.75 Å². The number of furan rings is 1. The van der Waals surface area contributed by atoms with Gasteiger partial charge in [0, 0.05) is 37.8 Å². The molecule has 0 unspecified atom stereocenters. The number of imidazole rings is 1. The summed E-state index contributed by atoms with van der Waals surface area (Å²) >= 11 is 0. The molecule has 1 N–H and O–H groups in total. The Kier molecular flexibility index (Phi) is 10.5. The maximum atomic E-state index is 12.3. The molecule has 0 spiro atoms. The Bertz CT molecular complexity index is 3030. The summed E-state index contributed by atoms with van der Waals surface area (Å²) < 4.78 is 8.36. The van der Waals surface area contributed by atoms with E-state index in [9.17, 15) is 5.11 Å². The van der Waals surface area contributed by atoms with Gasteiger partial charge in [-0.15, -0.1) is 17.7 Å². The van der Waals surface area contributed by atoms with Gasteiger partial charge in [0.1, 0.15) is 11.6 Å². The van der Waals surface area contributed by atoms with Gasteiger partial charge >= 0.3 is 0 Å². The normalized spacial score (nSPS) is 11.9. The summed E-state index contributed by atoms with van der Waals surface area (Å²) in [7, 11) is 0. The quantitative estimate of drug-likeness (QED) is 0.169. The van der Waals surface area contributed by atoms with Crippen molar-refractivity contribution >= 4 is 22.0 Å². The molecule has 0 aliphatic rings. The van der Waals surface area contributed by atoms with Crippen molar-refractivity contribution in [3.63, 3.8) is 0 Å². The SMILES string of the molecule is Cc1cccc(C)c1-c1coc2[c-]c(-c3cccc(-c4cccc5c4nc(-c4cc(C(C)(C)C)cc(C(C)(C)C)c4O)n5-c4ccccc4-c4ccccc4)n3)ccc12.[Pt]. The van der Waals surface area contributed by atoms with Crippen LogP contribution in [0, 0.1) is 19.9 Å². The molecule has 0 amide bonds. The number of para-hydroxylation sites is 2. The van der Waals surface area contributed by atoms with E-state index in [-0.39, 0.29) is 37.6 Å². The van der Waals surface area contributed by atoms with E-state index >= 15 is 0 Å². The molecule has 9 rings (SSSR count). The Balaban J connectivity index is 0.00000499. The second kappa shape index (κ2) is 15.5. The fraction of sp³-hybridized carbons (Fsp3) is 0.185. The van der Waals surface area contributed by atoms with E-state index in [1.165, 1.54) is 16.7 Å². The Morgan fingerprint density at radius 3 is 2.02 bits per heavy atom. The molecule has 0 saturated carbocycles. The number of hydrogen-bond donors (Lipinski definition) is 1. The third-order valence-electron chi connectivity index (χ3n) is 11.5. The molecular formula is C54H48N3O2Pt-. The van der Waals surface area contributed by atoms with Crippen molar-refractivity contribution in [1.82, 2.24) is 14.5 Å². The molecule has 0 aliphatic heterocycles. The number of aromatic hydroxyl groups is 1. The zero-order valence-corrected chi connectivity index (χ0v) is 37.6. The number of phenolic OH excluding ortho intramolecular Hbond substituents is 1. The third kappa shape index (κ3) is 7.20. The molecule has 0 bridgehead atoms. The number of pyridine rings is 1. The van der Waals surface area contributed by atoms with Crippen LogP contribution in [0.2, 0.25) is 0 Å². The maximum Gasteiger partial charge on any atom is 0.149 e. The monoisotopic (exact) mass is 965 g/mol. The summed E-state index contributed by atoms with van der Waals surface area (Å²) in [6.45, 7) is 17.4. The number of nitrogens with zero attached hydrogens (tertiary/aromatic N) is 3. The molecule has 3 heterocycles. The van der Waals surface area contributed by atoms with Crippen LogP contribution in [-0.4, -0.2) is 19.6 Å². The van der Waals surface area contributed by atoms with Gasteiger partial charge in [0.05, 0.1) is 39.8 Å². The molecule has 302 valence electrons. The van der Waals surface area contributed by atoms with Gasteiger partial charge in [-0.05, 0) is 88.0 Å². The van der Waals surface area contributed by atoms with Crippen LogP contribution in [0.4, 0.5) is 0 Å². The first-order chi connectivity index (χ1) is 28.3. The van der Waals surface area contributed by atoms with Crippen molar-refractivity contribution in [1.29, 1.82) is 0 Å². The van der Waals surface area contributed by atoms with Crippen LogP contribution in [-0.2, 0) is 31.9 Å². The molecule has 0 saturated heterocycles. The number of aryl methyl sites for hydroxylation is 2. The van der Waals surface area contributed by atoms with E-state index in [0.29, 0.717) is 17.0 Å². The first-order valence-corrected chi connectivity index (χ1v) is 20.3. The molecule has 6 aromatic carbocycles. The van der Waals surface area contributed by atoms with Gasteiger partial charge in [-0.2, -0.15) is 0 Å². The Hall–Kier alpha value is -6.03. The minimum Gasteiger partial charge on any atom is -0.507 e. The summed E-state index contributed by atoms with van der Waals surface area (Å²) in [5.41, 5.74) is 15.7. The Morgan fingerprint density at radius 1 is 0.617 bits per heavy atom. The second-order valence-corrected chi connectivity index (χ2v) is 17.7. The molecule has 0 atom stereocenters. The summed E-state index contributed by atoms with van der Waals surface area (Å²) in [6, 6.07) is 49.6. The Labute approximate surface area is 367 Å². The summed E-state index contributed by atoms with van der Waals surface area (Å²) in [6.07, 6.45) is 1.84. The van der Waals surface area contributed by atoms with Crippen LogP contribution < -0.4 is 0 Å². The van der Waals surface area contributed by atoms with Gasteiger partial charge in [-0.25, -0.2) is 4.98 Å². The standard InChI is InChI=1S/C54H48N3O2.Pt/c1-33-17-14-18-34(2)49(33)42-32-59-48-29-36(27-28-39(42)48)44-23-16-24-45(55-44)40-22-15-26-47-50(40)56-52(41-30-37(53(3,4)5)31-43(51(41)58)54(6,7)8)57(47)46-25-13-12-21-38(46)35-19-10-9-11-20-35;/h9-28,30-32,58H,1-8H3;/q-1;. The number of phenols is 1.